The zero-order valence-electron chi connectivity index (χ0n) is 11.6. The minimum atomic E-state index is -4.90. The summed E-state index contributed by atoms with van der Waals surface area (Å²) in [5, 5.41) is 3.18. The lowest BCUT2D eigenvalue weighted by Gasteiger charge is -2.24. The molecule has 124 valence electrons. The van der Waals surface area contributed by atoms with Crippen LogP contribution in [0.25, 0.3) is 0 Å². The fourth-order valence-corrected chi connectivity index (χ4v) is 2.41. The van der Waals surface area contributed by atoms with Crippen LogP contribution in [0.15, 0.2) is 18.2 Å². The van der Waals surface area contributed by atoms with Gasteiger partial charge in [0.05, 0.1) is 0 Å². The molecule has 1 aromatic rings. The van der Waals surface area contributed by atoms with E-state index in [4.69, 9.17) is 4.74 Å². The number of alkyl halides is 5. The highest BCUT2D eigenvalue weighted by atomic mass is 19.4. The lowest BCUT2D eigenvalue weighted by Crippen LogP contribution is -2.26. The molecule has 0 bridgehead atoms. The summed E-state index contributed by atoms with van der Waals surface area (Å²) >= 11 is 0. The Kier molecular flexibility index (Phi) is 5.44. The van der Waals surface area contributed by atoms with Crippen molar-refractivity contribution < 1.29 is 31.4 Å². The predicted octanol–water partition coefficient (Wildman–Crippen LogP) is 3.70. The van der Waals surface area contributed by atoms with Crippen LogP contribution in [0.1, 0.15) is 24.3 Å². The highest BCUT2D eigenvalue weighted by molar-refractivity contribution is 5.44. The van der Waals surface area contributed by atoms with Crippen LogP contribution >= 0.6 is 0 Å². The molecule has 1 aromatic carbocycles. The van der Waals surface area contributed by atoms with Gasteiger partial charge in [-0.1, -0.05) is 6.07 Å². The number of nitrogens with one attached hydrogen (secondary N) is 1. The van der Waals surface area contributed by atoms with E-state index in [0.29, 0.717) is 0 Å². The van der Waals surface area contributed by atoms with E-state index in [-0.39, 0.29) is 11.7 Å². The third-order valence-electron chi connectivity index (χ3n) is 3.37. The average Bonchev–Trinajstić information content (AvgIpc) is 2.45. The Morgan fingerprint density at radius 3 is 2.41 bits per heavy atom. The van der Waals surface area contributed by atoms with E-state index in [1.807, 2.05) is 0 Å². The molecule has 1 aliphatic rings. The van der Waals surface area contributed by atoms with Gasteiger partial charge in [-0.2, -0.15) is 0 Å². The molecule has 2 rings (SSSR count). The van der Waals surface area contributed by atoms with Crippen LogP contribution in [0.4, 0.5) is 22.0 Å². The van der Waals surface area contributed by atoms with Crippen molar-refractivity contribution in [3.8, 4) is 11.5 Å². The van der Waals surface area contributed by atoms with E-state index in [2.05, 4.69) is 10.1 Å². The van der Waals surface area contributed by atoms with Crippen LogP contribution in [0, 0.1) is 0 Å². The van der Waals surface area contributed by atoms with Crippen LogP contribution in [-0.2, 0) is 0 Å². The summed E-state index contributed by atoms with van der Waals surface area (Å²) in [6.45, 7) is 0.626. The van der Waals surface area contributed by atoms with Gasteiger partial charge >= 0.3 is 6.36 Å². The molecular weight excluding hydrogens is 309 g/mol. The van der Waals surface area contributed by atoms with Crippen molar-refractivity contribution in [2.45, 2.75) is 31.5 Å². The summed E-state index contributed by atoms with van der Waals surface area (Å²) in [6, 6.07) is 4.00. The van der Waals surface area contributed by atoms with Gasteiger partial charge in [0.1, 0.15) is 6.61 Å². The first kappa shape index (κ1) is 16.8. The van der Waals surface area contributed by atoms with Crippen LogP contribution in [0.2, 0.25) is 0 Å². The first-order chi connectivity index (χ1) is 10.3. The van der Waals surface area contributed by atoms with E-state index < -0.39 is 25.1 Å². The van der Waals surface area contributed by atoms with Crippen molar-refractivity contribution in [2.75, 3.05) is 19.7 Å². The molecule has 0 spiro atoms. The van der Waals surface area contributed by atoms with Crippen molar-refractivity contribution in [2.24, 2.45) is 0 Å². The van der Waals surface area contributed by atoms with E-state index in [9.17, 15) is 22.0 Å². The zero-order chi connectivity index (χ0) is 16.2. The molecule has 1 aliphatic heterocycles. The molecule has 1 fully saturated rings. The van der Waals surface area contributed by atoms with Gasteiger partial charge in [0.15, 0.2) is 11.5 Å². The van der Waals surface area contributed by atoms with E-state index in [1.54, 1.807) is 0 Å². The highest BCUT2D eigenvalue weighted by Crippen LogP contribution is 2.36. The predicted molar refractivity (Wildman–Crippen MR) is 69.5 cm³/mol. The molecular formula is C14H16F5NO2. The Bertz CT molecular complexity index is 487. The Morgan fingerprint density at radius 2 is 1.82 bits per heavy atom. The molecule has 0 unspecified atom stereocenters. The maximum atomic E-state index is 12.3. The SMILES string of the molecule is FC(F)COc1cc(C2CCNCC2)ccc1OC(F)(F)F. The Hall–Kier alpha value is -1.57. The minimum absolute atomic E-state index is 0.162. The Labute approximate surface area is 124 Å². The summed E-state index contributed by atoms with van der Waals surface area (Å²) in [5.41, 5.74) is 0.764. The number of benzene rings is 1. The summed E-state index contributed by atoms with van der Waals surface area (Å²) < 4.78 is 70.1. The molecule has 1 heterocycles. The number of rotatable bonds is 5. The largest absolute Gasteiger partial charge is 0.573 e. The van der Waals surface area contributed by atoms with Crippen LogP contribution in [-0.4, -0.2) is 32.5 Å². The number of hydrogen-bond donors (Lipinski definition) is 1. The second-order valence-electron chi connectivity index (χ2n) is 4.98. The number of piperidine rings is 1. The highest BCUT2D eigenvalue weighted by Gasteiger charge is 2.33. The Balaban J connectivity index is 2.21. The molecule has 0 saturated carbocycles. The van der Waals surface area contributed by atoms with Gasteiger partial charge in [0.2, 0.25) is 0 Å². The lowest BCUT2D eigenvalue weighted by molar-refractivity contribution is -0.275. The fourth-order valence-electron chi connectivity index (χ4n) is 2.41. The molecule has 0 amide bonds. The number of ether oxygens (including phenoxy) is 2. The summed E-state index contributed by atoms with van der Waals surface area (Å²) in [6.07, 6.45) is -6.03. The maximum Gasteiger partial charge on any atom is 0.573 e. The van der Waals surface area contributed by atoms with Gasteiger partial charge in [0, 0.05) is 0 Å². The second-order valence-corrected chi connectivity index (χ2v) is 4.98. The molecule has 0 aliphatic carbocycles. The van der Waals surface area contributed by atoms with Gasteiger partial charge in [0.25, 0.3) is 6.43 Å². The summed E-state index contributed by atoms with van der Waals surface area (Å²) in [4.78, 5) is 0. The smallest absolute Gasteiger partial charge is 0.484 e. The van der Waals surface area contributed by atoms with E-state index >= 15 is 0 Å². The normalized spacial score (nSPS) is 16.8. The molecule has 0 radical (unpaired) electrons. The third-order valence-corrected chi connectivity index (χ3v) is 3.37. The van der Waals surface area contributed by atoms with Gasteiger partial charge in [-0.25, -0.2) is 8.78 Å². The van der Waals surface area contributed by atoms with Crippen LogP contribution in [0.3, 0.4) is 0 Å². The average molecular weight is 325 g/mol. The van der Waals surface area contributed by atoms with Gasteiger partial charge in [-0.3, -0.25) is 0 Å². The van der Waals surface area contributed by atoms with Crippen molar-refractivity contribution in [1.82, 2.24) is 5.32 Å². The van der Waals surface area contributed by atoms with Crippen molar-refractivity contribution in [1.29, 1.82) is 0 Å². The monoisotopic (exact) mass is 325 g/mol. The molecule has 3 nitrogen and oxygen atoms in total. The zero-order valence-corrected chi connectivity index (χ0v) is 11.6. The quantitative estimate of drug-likeness (QED) is 0.838. The van der Waals surface area contributed by atoms with Gasteiger partial charge in [-0.05, 0) is 49.5 Å². The van der Waals surface area contributed by atoms with Crippen molar-refractivity contribution >= 4 is 0 Å². The lowest BCUT2D eigenvalue weighted by atomic mass is 9.90. The molecule has 8 heteroatoms. The van der Waals surface area contributed by atoms with Crippen LogP contribution in [0.5, 0.6) is 11.5 Å². The first-order valence-electron chi connectivity index (χ1n) is 6.86. The van der Waals surface area contributed by atoms with E-state index in [1.165, 1.54) is 12.1 Å². The molecule has 22 heavy (non-hydrogen) atoms. The van der Waals surface area contributed by atoms with Gasteiger partial charge < -0.3 is 14.8 Å². The van der Waals surface area contributed by atoms with Crippen LogP contribution < -0.4 is 14.8 Å². The molecule has 1 saturated heterocycles. The first-order valence-corrected chi connectivity index (χ1v) is 6.86. The second kappa shape index (κ2) is 7.13. The number of halogens is 5. The summed E-state index contributed by atoms with van der Waals surface area (Å²) in [5.74, 6) is -0.755. The van der Waals surface area contributed by atoms with Crippen molar-refractivity contribution in [3.05, 3.63) is 23.8 Å². The molecule has 0 atom stereocenters. The molecule has 0 aromatic heterocycles. The maximum absolute atomic E-state index is 12.3. The summed E-state index contributed by atoms with van der Waals surface area (Å²) in [7, 11) is 0. The van der Waals surface area contributed by atoms with Gasteiger partial charge in [-0.15, -0.1) is 13.2 Å². The minimum Gasteiger partial charge on any atom is -0.484 e. The Morgan fingerprint density at radius 1 is 1.14 bits per heavy atom. The molecule has 1 N–H and O–H groups in total. The number of hydrogen-bond acceptors (Lipinski definition) is 3. The standard InChI is InChI=1S/C14H16F5NO2/c15-13(16)8-21-12-7-10(9-3-5-20-6-4-9)1-2-11(12)22-14(17,18)19/h1-2,7,9,13,20H,3-6,8H2. The fraction of sp³-hybridized carbons (Fsp3) is 0.571. The topological polar surface area (TPSA) is 30.5 Å². The van der Waals surface area contributed by atoms with Crippen molar-refractivity contribution in [3.63, 3.8) is 0 Å². The third kappa shape index (κ3) is 5.01. The van der Waals surface area contributed by atoms with E-state index in [0.717, 1.165) is 37.6 Å².